The largest absolute Gasteiger partial charge is 0.324 e. The number of nitrogens with one attached hydrogen (secondary N) is 1. The summed E-state index contributed by atoms with van der Waals surface area (Å²) in [4.78, 5) is 13.5. The van der Waals surface area contributed by atoms with Gasteiger partial charge in [-0.3, -0.25) is 20.9 Å². The van der Waals surface area contributed by atoms with Crippen molar-refractivity contribution in [1.82, 2.24) is 4.98 Å². The number of thiazole rings is 1. The number of hydrazine groups is 1. The van der Waals surface area contributed by atoms with Gasteiger partial charge in [-0.15, -0.1) is 11.3 Å². The summed E-state index contributed by atoms with van der Waals surface area (Å²) < 4.78 is 0. The highest BCUT2D eigenvalue weighted by atomic mass is 32.1. The Morgan fingerprint density at radius 1 is 1.50 bits per heavy atom. The number of hydrogen-bond donors (Lipinski definition) is 2. The van der Waals surface area contributed by atoms with Crippen LogP contribution in [0.4, 0.5) is 11.4 Å². The normalized spacial score (nSPS) is 8.81. The van der Waals surface area contributed by atoms with Crippen LogP contribution in [-0.2, 0) is 0 Å². The van der Waals surface area contributed by atoms with Crippen LogP contribution in [0.5, 0.6) is 0 Å². The molecule has 16 heavy (non-hydrogen) atoms. The van der Waals surface area contributed by atoms with Crippen molar-refractivity contribution in [2.24, 2.45) is 5.84 Å². The number of nitro benzene ring substituents is 1. The summed E-state index contributed by atoms with van der Waals surface area (Å²) in [6.45, 7) is 0. The van der Waals surface area contributed by atoms with Crippen LogP contribution in [0.3, 0.4) is 0 Å². The van der Waals surface area contributed by atoms with Gasteiger partial charge in [-0.2, -0.15) is 0 Å². The lowest BCUT2D eigenvalue weighted by Gasteiger charge is -1.96. The van der Waals surface area contributed by atoms with E-state index in [1.54, 1.807) is 35.2 Å². The van der Waals surface area contributed by atoms with Crippen molar-refractivity contribution in [1.29, 1.82) is 0 Å². The Morgan fingerprint density at radius 2 is 2.31 bits per heavy atom. The van der Waals surface area contributed by atoms with Gasteiger partial charge in [-0.25, -0.2) is 0 Å². The first-order valence-corrected chi connectivity index (χ1v) is 5.21. The van der Waals surface area contributed by atoms with Crippen LogP contribution in [0.25, 0.3) is 0 Å². The highest BCUT2D eigenvalue weighted by molar-refractivity contribution is 7.07. The molecule has 84 valence electrons. The zero-order valence-corrected chi connectivity index (χ0v) is 9.05. The van der Waals surface area contributed by atoms with Crippen molar-refractivity contribution in [2.45, 2.75) is 0 Å². The monoisotopic (exact) mass is 238 g/mol. The van der Waals surface area contributed by atoms with Crippen molar-refractivity contribution in [3.05, 3.63) is 51.5 Å². The molecule has 0 saturated carbocycles. The summed E-state index contributed by atoms with van der Waals surface area (Å²) in [6, 6.07) is 5.97. The molecule has 1 aromatic carbocycles. The maximum absolute atomic E-state index is 10.2. The maximum Gasteiger partial charge on any atom is 0.271 e. The molecule has 0 amide bonds. The Labute approximate surface area is 95.9 Å². The molecule has 0 radical (unpaired) electrons. The molecule has 0 unspecified atom stereocenters. The first-order valence-electron chi connectivity index (χ1n) is 4.27. The SMILES string of the molecule is NNc1cccc([N+](=O)[O-])c1.c1cscn1. The van der Waals surface area contributed by atoms with Crippen LogP contribution >= 0.6 is 11.3 Å². The Balaban J connectivity index is 0.000000212. The molecule has 0 aliphatic carbocycles. The van der Waals surface area contributed by atoms with Crippen molar-refractivity contribution in [3.8, 4) is 0 Å². The first-order chi connectivity index (χ1) is 7.74. The zero-order chi connectivity index (χ0) is 11.8. The van der Waals surface area contributed by atoms with E-state index in [-0.39, 0.29) is 5.69 Å². The Morgan fingerprint density at radius 3 is 2.75 bits per heavy atom. The first kappa shape index (κ1) is 12.1. The van der Waals surface area contributed by atoms with Crippen molar-refractivity contribution in [2.75, 3.05) is 5.43 Å². The maximum atomic E-state index is 10.2. The highest BCUT2D eigenvalue weighted by Crippen LogP contribution is 2.15. The standard InChI is InChI=1S/C6H7N3O2.C3H3NS/c7-8-5-2-1-3-6(4-5)9(10)11;1-2-5-3-4-1/h1-4,8H,7H2;1-3H. The van der Waals surface area contributed by atoms with Crippen molar-refractivity contribution < 1.29 is 4.92 Å². The number of anilines is 1. The van der Waals surface area contributed by atoms with E-state index in [0.29, 0.717) is 5.69 Å². The Kier molecular flexibility index (Phi) is 4.90. The molecule has 0 aliphatic rings. The minimum absolute atomic E-state index is 0.0282. The fourth-order valence-corrected chi connectivity index (χ4v) is 1.24. The molecule has 0 atom stereocenters. The summed E-state index contributed by atoms with van der Waals surface area (Å²) in [5.41, 5.74) is 4.66. The topological polar surface area (TPSA) is 94.1 Å². The molecule has 0 fully saturated rings. The molecule has 0 aliphatic heterocycles. The summed E-state index contributed by atoms with van der Waals surface area (Å²) in [6.07, 6.45) is 1.77. The second kappa shape index (κ2) is 6.49. The van der Waals surface area contributed by atoms with E-state index in [2.05, 4.69) is 10.4 Å². The third kappa shape index (κ3) is 4.03. The fourth-order valence-electron chi connectivity index (χ4n) is 0.885. The smallest absolute Gasteiger partial charge is 0.271 e. The number of nitrogens with zero attached hydrogens (tertiary/aromatic N) is 2. The minimum atomic E-state index is -0.471. The van der Waals surface area contributed by atoms with Gasteiger partial charge in [0.15, 0.2) is 0 Å². The predicted octanol–water partition coefficient (Wildman–Crippen LogP) is 2.02. The van der Waals surface area contributed by atoms with Gasteiger partial charge < -0.3 is 5.43 Å². The number of hydrogen-bond acceptors (Lipinski definition) is 6. The lowest BCUT2D eigenvalue weighted by Crippen LogP contribution is -2.06. The van der Waals surface area contributed by atoms with Crippen LogP contribution in [0.15, 0.2) is 41.4 Å². The van der Waals surface area contributed by atoms with Crippen LogP contribution < -0.4 is 11.3 Å². The van der Waals surface area contributed by atoms with Gasteiger partial charge in [0.25, 0.3) is 5.69 Å². The van der Waals surface area contributed by atoms with Gasteiger partial charge in [0.05, 0.1) is 16.1 Å². The number of nitrogens with two attached hydrogens (primary N) is 1. The van der Waals surface area contributed by atoms with E-state index in [4.69, 9.17) is 5.84 Å². The zero-order valence-electron chi connectivity index (χ0n) is 8.24. The molecule has 0 bridgehead atoms. The van der Waals surface area contributed by atoms with Crippen LogP contribution in [-0.4, -0.2) is 9.91 Å². The van der Waals surface area contributed by atoms with E-state index in [9.17, 15) is 10.1 Å². The summed E-state index contributed by atoms with van der Waals surface area (Å²) in [7, 11) is 0. The number of nitrogen functional groups attached to an aromatic ring is 1. The Hall–Kier alpha value is -1.99. The van der Waals surface area contributed by atoms with Gasteiger partial charge in [0, 0.05) is 23.7 Å². The summed E-state index contributed by atoms with van der Waals surface area (Å²) in [5.74, 6) is 5.05. The average Bonchev–Trinajstić information content (AvgIpc) is 2.88. The quantitative estimate of drug-likeness (QED) is 0.474. The number of nitro groups is 1. The molecular weight excluding hydrogens is 228 g/mol. The lowest BCUT2D eigenvalue weighted by molar-refractivity contribution is -0.384. The van der Waals surface area contributed by atoms with E-state index in [1.807, 2.05) is 5.38 Å². The van der Waals surface area contributed by atoms with E-state index >= 15 is 0 Å². The molecule has 2 rings (SSSR count). The summed E-state index contributed by atoms with van der Waals surface area (Å²) in [5, 5.41) is 12.1. The molecule has 2 aromatic rings. The van der Waals surface area contributed by atoms with E-state index in [0.717, 1.165) is 0 Å². The van der Waals surface area contributed by atoms with Crippen molar-refractivity contribution >= 4 is 22.7 Å². The fraction of sp³-hybridized carbons (Fsp3) is 0. The third-order valence-corrected chi connectivity index (χ3v) is 2.09. The molecule has 0 spiro atoms. The second-order valence-electron chi connectivity index (χ2n) is 2.63. The molecule has 7 heteroatoms. The van der Waals surface area contributed by atoms with Crippen LogP contribution in [0.1, 0.15) is 0 Å². The van der Waals surface area contributed by atoms with Gasteiger partial charge >= 0.3 is 0 Å². The van der Waals surface area contributed by atoms with E-state index in [1.165, 1.54) is 12.1 Å². The molecular formula is C9H10N4O2S. The molecule has 0 saturated heterocycles. The van der Waals surface area contributed by atoms with Crippen molar-refractivity contribution in [3.63, 3.8) is 0 Å². The third-order valence-electron chi connectivity index (χ3n) is 1.57. The van der Waals surface area contributed by atoms with Crippen LogP contribution in [0, 0.1) is 10.1 Å². The second-order valence-corrected chi connectivity index (χ2v) is 3.38. The predicted molar refractivity (Wildman–Crippen MR) is 63.0 cm³/mol. The molecule has 6 nitrogen and oxygen atoms in total. The molecule has 3 N–H and O–H groups in total. The Bertz CT molecular complexity index is 416. The van der Waals surface area contributed by atoms with Gasteiger partial charge in [-0.05, 0) is 6.07 Å². The summed E-state index contributed by atoms with van der Waals surface area (Å²) >= 11 is 1.60. The molecule has 1 heterocycles. The van der Waals surface area contributed by atoms with Gasteiger partial charge in [-0.1, -0.05) is 6.07 Å². The number of rotatable bonds is 2. The highest BCUT2D eigenvalue weighted by Gasteiger charge is 2.03. The van der Waals surface area contributed by atoms with Crippen LogP contribution in [0.2, 0.25) is 0 Å². The number of aromatic nitrogens is 1. The average molecular weight is 238 g/mol. The van der Waals surface area contributed by atoms with Gasteiger partial charge in [0.2, 0.25) is 0 Å². The van der Waals surface area contributed by atoms with E-state index < -0.39 is 4.92 Å². The lowest BCUT2D eigenvalue weighted by atomic mass is 10.3. The minimum Gasteiger partial charge on any atom is -0.324 e. The number of non-ortho nitro benzene ring substituents is 1. The molecule has 1 aromatic heterocycles. The number of benzene rings is 1. The van der Waals surface area contributed by atoms with Gasteiger partial charge in [0.1, 0.15) is 0 Å².